The third kappa shape index (κ3) is 4.97. The van der Waals surface area contributed by atoms with Crippen LogP contribution in [0, 0.1) is 0 Å². The number of rotatable bonds is 7. The van der Waals surface area contributed by atoms with E-state index >= 15 is 0 Å². The van der Waals surface area contributed by atoms with Crippen molar-refractivity contribution in [1.82, 2.24) is 4.31 Å². The van der Waals surface area contributed by atoms with Gasteiger partial charge in [-0.25, -0.2) is 8.42 Å². The molecule has 1 N–H and O–H groups in total. The first-order valence-corrected chi connectivity index (χ1v) is 10.3. The maximum atomic E-state index is 12.8. The smallest absolute Gasteiger partial charge is 0.243 e. The molecule has 0 unspecified atom stereocenters. The zero-order chi connectivity index (χ0) is 19.3. The Bertz CT molecular complexity index is 888. The summed E-state index contributed by atoms with van der Waals surface area (Å²) in [6, 6.07) is 11.2. The highest BCUT2D eigenvalue weighted by Crippen LogP contribution is 2.28. The number of amides is 1. The molecule has 6 nitrogen and oxygen atoms in total. The molecule has 0 radical (unpaired) electrons. The van der Waals surface area contributed by atoms with Crippen molar-refractivity contribution in [1.29, 1.82) is 0 Å². The molecular weight excluding hydrogens is 444 g/mol. The van der Waals surface area contributed by atoms with Crippen molar-refractivity contribution in [2.45, 2.75) is 11.8 Å². The Morgan fingerprint density at radius 1 is 1.23 bits per heavy atom. The first kappa shape index (κ1) is 20.7. The first-order valence-electron chi connectivity index (χ1n) is 7.67. The van der Waals surface area contributed by atoms with Crippen LogP contribution in [-0.4, -0.2) is 38.8 Å². The van der Waals surface area contributed by atoms with Gasteiger partial charge in [0.05, 0.1) is 23.6 Å². The Labute approximate surface area is 166 Å². The Balaban J connectivity index is 2.16. The van der Waals surface area contributed by atoms with Crippen molar-refractivity contribution in [3.8, 4) is 5.75 Å². The molecule has 0 aromatic heterocycles. The predicted molar refractivity (Wildman–Crippen MR) is 105 cm³/mol. The van der Waals surface area contributed by atoms with Gasteiger partial charge in [-0.1, -0.05) is 34.5 Å². The van der Waals surface area contributed by atoms with Crippen LogP contribution < -0.4 is 10.1 Å². The molecule has 2 rings (SSSR count). The minimum atomic E-state index is -3.87. The highest BCUT2D eigenvalue weighted by atomic mass is 79.9. The van der Waals surface area contributed by atoms with Crippen molar-refractivity contribution in [2.24, 2.45) is 0 Å². The molecule has 0 heterocycles. The predicted octanol–water partition coefficient (Wildman–Crippen LogP) is 3.76. The number of nitrogens with zero attached hydrogens (tertiary/aromatic N) is 1. The van der Waals surface area contributed by atoms with Crippen LogP contribution in [0.1, 0.15) is 6.92 Å². The summed E-state index contributed by atoms with van der Waals surface area (Å²) in [4.78, 5) is 12.2. The lowest BCUT2D eigenvalue weighted by molar-refractivity contribution is -0.116. The second-order valence-electron chi connectivity index (χ2n) is 5.28. The van der Waals surface area contributed by atoms with E-state index in [0.29, 0.717) is 11.4 Å². The van der Waals surface area contributed by atoms with Gasteiger partial charge in [-0.05, 0) is 42.5 Å². The molecule has 0 saturated heterocycles. The molecule has 140 valence electrons. The van der Waals surface area contributed by atoms with E-state index in [4.69, 9.17) is 16.3 Å². The standard InChI is InChI=1S/C17H18BrClN2O4S/c1-3-21(11-17(22)20-13-6-4-12(18)5-7-13)26(23,24)14-8-9-16(25-2)15(19)10-14/h4-10H,3,11H2,1-2H3,(H,20,22). The molecule has 26 heavy (non-hydrogen) atoms. The average molecular weight is 462 g/mol. The van der Waals surface area contributed by atoms with Crippen LogP contribution in [-0.2, 0) is 14.8 Å². The quantitative estimate of drug-likeness (QED) is 0.681. The lowest BCUT2D eigenvalue weighted by Gasteiger charge is -2.20. The molecule has 0 fully saturated rings. The zero-order valence-corrected chi connectivity index (χ0v) is 17.4. The van der Waals surface area contributed by atoms with E-state index < -0.39 is 15.9 Å². The molecule has 1 amide bonds. The van der Waals surface area contributed by atoms with Gasteiger partial charge in [0.1, 0.15) is 5.75 Å². The summed E-state index contributed by atoms with van der Waals surface area (Å²) in [7, 11) is -2.42. The van der Waals surface area contributed by atoms with E-state index in [1.54, 1.807) is 31.2 Å². The lowest BCUT2D eigenvalue weighted by atomic mass is 10.3. The number of anilines is 1. The third-order valence-electron chi connectivity index (χ3n) is 3.56. The topological polar surface area (TPSA) is 75.7 Å². The molecule has 2 aromatic rings. The number of hydrogen-bond donors (Lipinski definition) is 1. The fourth-order valence-corrected chi connectivity index (χ4v) is 4.24. The second-order valence-corrected chi connectivity index (χ2v) is 8.54. The van der Waals surface area contributed by atoms with Gasteiger partial charge in [0.2, 0.25) is 15.9 Å². The van der Waals surface area contributed by atoms with E-state index in [-0.39, 0.29) is 23.0 Å². The second kappa shape index (κ2) is 8.85. The fourth-order valence-electron chi connectivity index (χ4n) is 2.22. The van der Waals surface area contributed by atoms with Crippen molar-refractivity contribution in [3.05, 3.63) is 52.0 Å². The van der Waals surface area contributed by atoms with Crippen molar-refractivity contribution < 1.29 is 17.9 Å². The van der Waals surface area contributed by atoms with Crippen LogP contribution in [0.2, 0.25) is 5.02 Å². The number of sulfonamides is 1. The molecule has 9 heteroatoms. The summed E-state index contributed by atoms with van der Waals surface area (Å²) < 4.78 is 32.6. The summed E-state index contributed by atoms with van der Waals surface area (Å²) in [6.07, 6.45) is 0. The number of carbonyl (C=O) groups is 1. The van der Waals surface area contributed by atoms with Crippen LogP contribution in [0.15, 0.2) is 51.8 Å². The van der Waals surface area contributed by atoms with Crippen LogP contribution in [0.5, 0.6) is 5.75 Å². The molecule has 0 aliphatic heterocycles. The van der Waals surface area contributed by atoms with Gasteiger partial charge in [-0.15, -0.1) is 0 Å². The number of benzene rings is 2. The summed E-state index contributed by atoms with van der Waals surface area (Å²) in [5.74, 6) is -0.0565. The van der Waals surface area contributed by atoms with E-state index in [9.17, 15) is 13.2 Å². The van der Waals surface area contributed by atoms with Crippen molar-refractivity contribution in [2.75, 3.05) is 25.5 Å². The molecule has 2 aromatic carbocycles. The van der Waals surface area contributed by atoms with Crippen LogP contribution in [0.4, 0.5) is 5.69 Å². The van der Waals surface area contributed by atoms with E-state index in [0.717, 1.165) is 8.78 Å². The number of hydrogen-bond acceptors (Lipinski definition) is 4. The number of likely N-dealkylation sites (N-methyl/N-ethyl adjacent to an activating group) is 1. The van der Waals surface area contributed by atoms with Gasteiger partial charge in [0, 0.05) is 16.7 Å². The average Bonchev–Trinajstić information content (AvgIpc) is 2.61. The minimum Gasteiger partial charge on any atom is -0.495 e. The summed E-state index contributed by atoms with van der Waals surface area (Å²) in [5.41, 5.74) is 0.583. The minimum absolute atomic E-state index is 0.00147. The van der Waals surface area contributed by atoms with E-state index in [1.165, 1.54) is 25.3 Å². The molecule has 0 aliphatic carbocycles. The molecule has 0 spiro atoms. The summed E-state index contributed by atoms with van der Waals surface area (Å²) in [6.45, 7) is 1.49. The Morgan fingerprint density at radius 3 is 2.42 bits per heavy atom. The Morgan fingerprint density at radius 2 is 1.88 bits per heavy atom. The van der Waals surface area contributed by atoms with Gasteiger partial charge >= 0.3 is 0 Å². The van der Waals surface area contributed by atoms with Gasteiger partial charge in [-0.3, -0.25) is 4.79 Å². The van der Waals surface area contributed by atoms with Crippen LogP contribution in [0.25, 0.3) is 0 Å². The zero-order valence-electron chi connectivity index (χ0n) is 14.2. The number of methoxy groups -OCH3 is 1. The summed E-state index contributed by atoms with van der Waals surface area (Å²) >= 11 is 9.33. The molecule has 0 saturated carbocycles. The molecule has 0 atom stereocenters. The maximum Gasteiger partial charge on any atom is 0.243 e. The SMILES string of the molecule is CCN(CC(=O)Nc1ccc(Br)cc1)S(=O)(=O)c1ccc(OC)c(Cl)c1. The van der Waals surface area contributed by atoms with Gasteiger partial charge < -0.3 is 10.1 Å². The van der Waals surface area contributed by atoms with Gasteiger partial charge in [0.15, 0.2) is 0 Å². The maximum absolute atomic E-state index is 12.8. The van der Waals surface area contributed by atoms with Gasteiger partial charge in [0.25, 0.3) is 0 Å². The number of carbonyl (C=O) groups excluding carboxylic acids is 1. The van der Waals surface area contributed by atoms with E-state index in [2.05, 4.69) is 21.2 Å². The largest absolute Gasteiger partial charge is 0.495 e. The van der Waals surface area contributed by atoms with Gasteiger partial charge in [-0.2, -0.15) is 4.31 Å². The summed E-state index contributed by atoms with van der Waals surface area (Å²) in [5, 5.41) is 2.86. The van der Waals surface area contributed by atoms with Crippen molar-refractivity contribution in [3.63, 3.8) is 0 Å². The van der Waals surface area contributed by atoms with Crippen molar-refractivity contribution >= 4 is 49.1 Å². The number of ether oxygens (including phenoxy) is 1. The van der Waals surface area contributed by atoms with Crippen LogP contribution in [0.3, 0.4) is 0 Å². The molecular formula is C17H18BrClN2O4S. The number of nitrogens with one attached hydrogen (secondary N) is 1. The molecule has 0 bridgehead atoms. The Hall–Kier alpha value is -1.61. The highest BCUT2D eigenvalue weighted by Gasteiger charge is 2.26. The third-order valence-corrected chi connectivity index (χ3v) is 6.30. The van der Waals surface area contributed by atoms with E-state index in [1.807, 2.05) is 0 Å². The fraction of sp³-hybridized carbons (Fsp3) is 0.235. The monoisotopic (exact) mass is 460 g/mol. The number of halogens is 2. The lowest BCUT2D eigenvalue weighted by Crippen LogP contribution is -2.37. The first-order chi connectivity index (χ1) is 12.3. The molecule has 0 aliphatic rings. The Kier molecular flexibility index (Phi) is 7.05. The van der Waals surface area contributed by atoms with Crippen LogP contribution >= 0.6 is 27.5 Å². The highest BCUT2D eigenvalue weighted by molar-refractivity contribution is 9.10. The normalized spacial score (nSPS) is 11.4.